The zero-order chi connectivity index (χ0) is 14.0. The van der Waals surface area contributed by atoms with E-state index in [2.05, 4.69) is 30.9 Å². The molecule has 6 heteroatoms. The van der Waals surface area contributed by atoms with E-state index in [1.165, 1.54) is 4.88 Å². The van der Waals surface area contributed by atoms with E-state index in [-0.39, 0.29) is 0 Å². The van der Waals surface area contributed by atoms with Crippen LogP contribution in [0.4, 0.5) is 5.00 Å². The SMILES string of the molecule is Cc1sc(N)c(-c2nc(CSCC(C)C)no2)c1C. The van der Waals surface area contributed by atoms with Gasteiger partial charge in [-0.2, -0.15) is 16.7 Å². The average Bonchev–Trinajstić information content (AvgIpc) is 2.85. The highest BCUT2D eigenvalue weighted by Gasteiger charge is 2.18. The number of aryl methyl sites for hydroxylation is 1. The van der Waals surface area contributed by atoms with Gasteiger partial charge in [0.1, 0.15) is 0 Å². The normalized spacial score (nSPS) is 11.4. The standard InChI is InChI=1S/C13H19N3OS2/c1-7(2)5-18-6-10-15-13(17-16-10)11-8(3)9(4)19-12(11)14/h7H,5-6,14H2,1-4H3. The molecule has 19 heavy (non-hydrogen) atoms. The van der Waals surface area contributed by atoms with E-state index in [9.17, 15) is 0 Å². The number of anilines is 1. The smallest absolute Gasteiger partial charge is 0.261 e. The number of nitrogens with two attached hydrogens (primary N) is 1. The minimum Gasteiger partial charge on any atom is -0.390 e. The first-order valence-electron chi connectivity index (χ1n) is 6.25. The fourth-order valence-electron chi connectivity index (χ4n) is 1.72. The molecule has 0 spiro atoms. The van der Waals surface area contributed by atoms with Gasteiger partial charge in [-0.1, -0.05) is 19.0 Å². The molecule has 0 bridgehead atoms. The van der Waals surface area contributed by atoms with Gasteiger partial charge in [-0.25, -0.2) is 0 Å². The molecule has 2 heterocycles. The molecule has 2 aromatic heterocycles. The van der Waals surface area contributed by atoms with E-state index >= 15 is 0 Å². The van der Waals surface area contributed by atoms with Gasteiger partial charge in [-0.3, -0.25) is 0 Å². The Morgan fingerprint density at radius 2 is 2.11 bits per heavy atom. The molecule has 0 aliphatic heterocycles. The molecule has 0 aromatic carbocycles. The zero-order valence-corrected chi connectivity index (χ0v) is 13.3. The number of hydrogen-bond acceptors (Lipinski definition) is 6. The van der Waals surface area contributed by atoms with Crippen LogP contribution in [0.15, 0.2) is 4.52 Å². The molecule has 0 unspecified atom stereocenters. The fraction of sp³-hybridized carbons (Fsp3) is 0.538. The Hall–Kier alpha value is -1.01. The Labute approximate surface area is 121 Å². The summed E-state index contributed by atoms with van der Waals surface area (Å²) in [5, 5.41) is 4.77. The second kappa shape index (κ2) is 5.96. The molecular formula is C13H19N3OS2. The van der Waals surface area contributed by atoms with Crippen molar-refractivity contribution in [3.8, 4) is 11.5 Å². The lowest BCUT2D eigenvalue weighted by molar-refractivity contribution is 0.425. The highest BCUT2D eigenvalue weighted by atomic mass is 32.2. The molecule has 0 atom stereocenters. The molecule has 0 amide bonds. The van der Waals surface area contributed by atoms with Crippen molar-refractivity contribution in [3.05, 3.63) is 16.3 Å². The van der Waals surface area contributed by atoms with Crippen LogP contribution in [0, 0.1) is 19.8 Å². The van der Waals surface area contributed by atoms with Gasteiger partial charge in [0.15, 0.2) is 5.82 Å². The van der Waals surface area contributed by atoms with Crippen molar-refractivity contribution in [2.24, 2.45) is 5.92 Å². The summed E-state index contributed by atoms with van der Waals surface area (Å²) in [7, 11) is 0. The lowest BCUT2D eigenvalue weighted by atomic mass is 10.1. The minimum atomic E-state index is 0.541. The third-order valence-electron chi connectivity index (χ3n) is 2.78. The Kier molecular flexibility index (Phi) is 4.52. The van der Waals surface area contributed by atoms with Crippen molar-refractivity contribution in [3.63, 3.8) is 0 Å². The fourth-order valence-corrected chi connectivity index (χ4v) is 3.54. The van der Waals surface area contributed by atoms with Crippen molar-refractivity contribution >= 4 is 28.1 Å². The quantitative estimate of drug-likeness (QED) is 0.907. The van der Waals surface area contributed by atoms with Gasteiger partial charge in [0, 0.05) is 4.88 Å². The maximum absolute atomic E-state index is 6.01. The molecule has 2 N–H and O–H groups in total. The highest BCUT2D eigenvalue weighted by molar-refractivity contribution is 7.98. The van der Waals surface area contributed by atoms with E-state index in [1.807, 2.05) is 18.7 Å². The first-order chi connectivity index (χ1) is 8.99. The molecular weight excluding hydrogens is 278 g/mol. The van der Waals surface area contributed by atoms with E-state index in [0.717, 1.165) is 33.5 Å². The van der Waals surface area contributed by atoms with Gasteiger partial charge in [-0.05, 0) is 31.1 Å². The summed E-state index contributed by atoms with van der Waals surface area (Å²) in [5.41, 5.74) is 8.04. The van der Waals surface area contributed by atoms with Crippen LogP contribution < -0.4 is 5.73 Å². The first kappa shape index (κ1) is 14.4. The summed E-state index contributed by atoms with van der Waals surface area (Å²) >= 11 is 3.39. The molecule has 0 saturated carbocycles. The van der Waals surface area contributed by atoms with Crippen molar-refractivity contribution < 1.29 is 4.52 Å². The third-order valence-corrected chi connectivity index (χ3v) is 5.18. The maximum Gasteiger partial charge on any atom is 0.261 e. The third kappa shape index (κ3) is 3.30. The maximum atomic E-state index is 6.01. The molecule has 0 aliphatic rings. The monoisotopic (exact) mass is 297 g/mol. The first-order valence-corrected chi connectivity index (χ1v) is 8.22. The van der Waals surface area contributed by atoms with Gasteiger partial charge >= 0.3 is 0 Å². The van der Waals surface area contributed by atoms with Gasteiger partial charge < -0.3 is 10.3 Å². The number of aromatic nitrogens is 2. The van der Waals surface area contributed by atoms with Crippen LogP contribution in [0.3, 0.4) is 0 Å². The lowest BCUT2D eigenvalue weighted by Gasteiger charge is -2.00. The van der Waals surface area contributed by atoms with E-state index in [1.54, 1.807) is 11.3 Å². The average molecular weight is 297 g/mol. The van der Waals surface area contributed by atoms with Gasteiger partial charge in [0.05, 0.1) is 16.3 Å². The predicted molar refractivity (Wildman–Crippen MR) is 82.5 cm³/mol. The van der Waals surface area contributed by atoms with E-state index in [4.69, 9.17) is 10.3 Å². The van der Waals surface area contributed by atoms with Crippen LogP contribution in [0.2, 0.25) is 0 Å². The van der Waals surface area contributed by atoms with E-state index in [0.29, 0.717) is 11.8 Å². The molecule has 0 radical (unpaired) electrons. The molecule has 2 aromatic rings. The van der Waals surface area contributed by atoms with Crippen molar-refractivity contribution in [2.45, 2.75) is 33.4 Å². The Bertz CT molecular complexity index is 560. The lowest BCUT2D eigenvalue weighted by Crippen LogP contribution is -1.93. The number of thioether (sulfide) groups is 1. The Balaban J connectivity index is 2.12. The van der Waals surface area contributed by atoms with E-state index < -0.39 is 0 Å². The summed E-state index contributed by atoms with van der Waals surface area (Å²) in [5.74, 6) is 3.84. The zero-order valence-electron chi connectivity index (χ0n) is 11.7. The Morgan fingerprint density at radius 1 is 1.37 bits per heavy atom. The summed E-state index contributed by atoms with van der Waals surface area (Å²) in [4.78, 5) is 5.64. The van der Waals surface area contributed by atoms with Crippen LogP contribution in [0.5, 0.6) is 0 Å². The predicted octanol–water partition coefficient (Wildman–Crippen LogP) is 3.89. The van der Waals surface area contributed by atoms with Crippen LogP contribution in [0.1, 0.15) is 30.1 Å². The number of hydrogen-bond donors (Lipinski definition) is 1. The van der Waals surface area contributed by atoms with Crippen molar-refractivity contribution in [1.82, 2.24) is 10.1 Å². The second-order valence-electron chi connectivity index (χ2n) is 4.95. The van der Waals surface area contributed by atoms with Crippen LogP contribution in [-0.2, 0) is 5.75 Å². The molecule has 104 valence electrons. The minimum absolute atomic E-state index is 0.541. The highest BCUT2D eigenvalue weighted by Crippen LogP contribution is 2.37. The number of rotatable bonds is 5. The largest absolute Gasteiger partial charge is 0.390 e. The van der Waals surface area contributed by atoms with Crippen molar-refractivity contribution in [1.29, 1.82) is 0 Å². The molecule has 0 aliphatic carbocycles. The topological polar surface area (TPSA) is 64.9 Å². The summed E-state index contributed by atoms with van der Waals surface area (Å²) in [6.07, 6.45) is 0. The Morgan fingerprint density at radius 3 is 2.68 bits per heavy atom. The molecule has 2 rings (SSSR count). The van der Waals surface area contributed by atoms with Crippen LogP contribution in [-0.4, -0.2) is 15.9 Å². The molecule has 0 saturated heterocycles. The number of nitrogens with zero attached hydrogens (tertiary/aromatic N) is 2. The molecule has 4 nitrogen and oxygen atoms in total. The summed E-state index contributed by atoms with van der Waals surface area (Å²) in [6.45, 7) is 8.49. The molecule has 0 fully saturated rings. The van der Waals surface area contributed by atoms with Gasteiger partial charge in [0.25, 0.3) is 5.89 Å². The summed E-state index contributed by atoms with van der Waals surface area (Å²) < 4.78 is 5.34. The van der Waals surface area contributed by atoms with Gasteiger partial charge in [-0.15, -0.1) is 11.3 Å². The van der Waals surface area contributed by atoms with Gasteiger partial charge in [0.2, 0.25) is 0 Å². The van der Waals surface area contributed by atoms with Crippen LogP contribution in [0.25, 0.3) is 11.5 Å². The van der Waals surface area contributed by atoms with Crippen LogP contribution >= 0.6 is 23.1 Å². The van der Waals surface area contributed by atoms with Crippen molar-refractivity contribution in [2.75, 3.05) is 11.5 Å². The number of thiophene rings is 1. The summed E-state index contributed by atoms with van der Waals surface area (Å²) in [6, 6.07) is 0. The second-order valence-corrected chi connectivity index (χ2v) is 7.23. The number of nitrogen functional groups attached to an aromatic ring is 1.